The molecule has 0 unspecified atom stereocenters. The summed E-state index contributed by atoms with van der Waals surface area (Å²) in [5.41, 5.74) is 2.65. The molecule has 5 nitrogen and oxygen atoms in total. The molecule has 1 fully saturated rings. The van der Waals surface area contributed by atoms with E-state index in [0.717, 1.165) is 34.1 Å². The second-order valence-electron chi connectivity index (χ2n) is 7.20. The molecule has 1 amide bonds. The number of aryl methyl sites for hydroxylation is 1. The molecule has 0 aliphatic carbocycles. The van der Waals surface area contributed by atoms with Gasteiger partial charge in [0.15, 0.2) is 5.17 Å². The number of benzene rings is 3. The van der Waals surface area contributed by atoms with Gasteiger partial charge in [-0.3, -0.25) is 4.79 Å². The van der Waals surface area contributed by atoms with Gasteiger partial charge in [-0.1, -0.05) is 43.3 Å². The fourth-order valence-corrected chi connectivity index (χ4v) is 4.19. The monoisotopic (exact) mass is 432 g/mol. The highest BCUT2D eigenvalue weighted by atomic mass is 32.2. The second-order valence-corrected chi connectivity index (χ2v) is 8.23. The van der Waals surface area contributed by atoms with E-state index in [0.29, 0.717) is 28.1 Å². The van der Waals surface area contributed by atoms with Crippen LogP contribution in [-0.2, 0) is 4.79 Å². The Kier molecular flexibility index (Phi) is 6.28. The molecule has 6 heteroatoms. The van der Waals surface area contributed by atoms with Gasteiger partial charge in [0.2, 0.25) is 0 Å². The lowest BCUT2D eigenvalue weighted by atomic mass is 10.0. The number of hydrogen-bond acceptors (Lipinski definition) is 5. The number of fused-ring (bicyclic) bond motifs is 1. The minimum absolute atomic E-state index is 0.176. The van der Waals surface area contributed by atoms with Gasteiger partial charge in [0.05, 0.1) is 18.6 Å². The number of carbonyl (C=O) groups excluding carboxylic acids is 1. The van der Waals surface area contributed by atoms with E-state index in [1.165, 1.54) is 11.8 Å². The number of hydrogen-bond donors (Lipinski definition) is 1. The number of thioether (sulfide) groups is 1. The summed E-state index contributed by atoms with van der Waals surface area (Å²) >= 11 is 1.31. The number of amides is 1. The highest BCUT2D eigenvalue weighted by Gasteiger charge is 2.25. The first kappa shape index (κ1) is 21.0. The van der Waals surface area contributed by atoms with Crippen LogP contribution in [0.15, 0.2) is 64.5 Å². The van der Waals surface area contributed by atoms with Crippen LogP contribution >= 0.6 is 11.8 Å². The zero-order valence-electron chi connectivity index (χ0n) is 17.8. The van der Waals surface area contributed by atoms with E-state index < -0.39 is 0 Å². The summed E-state index contributed by atoms with van der Waals surface area (Å²) in [5, 5.41) is 5.53. The van der Waals surface area contributed by atoms with E-state index in [4.69, 9.17) is 9.47 Å². The van der Waals surface area contributed by atoms with Gasteiger partial charge in [0.25, 0.3) is 5.91 Å². The van der Waals surface area contributed by atoms with Crippen molar-refractivity contribution in [3.63, 3.8) is 0 Å². The molecule has 31 heavy (non-hydrogen) atoms. The van der Waals surface area contributed by atoms with Crippen molar-refractivity contribution >= 4 is 45.4 Å². The fraction of sp³-hybridized carbons (Fsp3) is 0.200. The maximum Gasteiger partial charge on any atom is 0.264 e. The Hall–Kier alpha value is -3.25. The minimum Gasteiger partial charge on any atom is -0.494 e. The van der Waals surface area contributed by atoms with Crippen LogP contribution in [0.4, 0.5) is 5.69 Å². The standard InChI is InChI=1S/C25H24N2O3S/c1-4-13-30-21-12-10-17-7-5-6-8-18(17)19(21)15-23-24(28)27-25(31-23)26-20-14-16(2)9-11-22(20)29-3/h5-12,14-15H,4,13H2,1-3H3,(H,26,27,28)/b23-15-. The molecular weight excluding hydrogens is 408 g/mol. The Morgan fingerprint density at radius 2 is 1.90 bits per heavy atom. The molecule has 0 atom stereocenters. The second kappa shape index (κ2) is 9.27. The molecule has 1 aliphatic rings. The summed E-state index contributed by atoms with van der Waals surface area (Å²) in [6, 6.07) is 17.9. The van der Waals surface area contributed by atoms with Gasteiger partial charge < -0.3 is 14.8 Å². The Labute approximate surface area is 186 Å². The molecule has 0 bridgehead atoms. The maximum atomic E-state index is 12.7. The summed E-state index contributed by atoms with van der Waals surface area (Å²) in [7, 11) is 1.61. The molecular formula is C25H24N2O3S. The van der Waals surface area contributed by atoms with Crippen molar-refractivity contribution in [1.29, 1.82) is 0 Å². The highest BCUT2D eigenvalue weighted by Crippen LogP contribution is 2.36. The SMILES string of the molecule is CCCOc1ccc2ccccc2c1/C=C1\SC(=Nc2cc(C)ccc2OC)NC1=O. The van der Waals surface area contributed by atoms with Crippen molar-refractivity contribution < 1.29 is 14.3 Å². The Morgan fingerprint density at radius 3 is 2.71 bits per heavy atom. The molecule has 3 aromatic carbocycles. The summed E-state index contributed by atoms with van der Waals surface area (Å²) < 4.78 is 11.4. The number of methoxy groups -OCH3 is 1. The molecule has 0 radical (unpaired) electrons. The summed E-state index contributed by atoms with van der Waals surface area (Å²) in [6.45, 7) is 4.68. The predicted octanol–water partition coefficient (Wildman–Crippen LogP) is 5.84. The smallest absolute Gasteiger partial charge is 0.264 e. The van der Waals surface area contributed by atoms with Crippen molar-refractivity contribution in [3.8, 4) is 11.5 Å². The third-order valence-corrected chi connectivity index (χ3v) is 5.78. The zero-order valence-corrected chi connectivity index (χ0v) is 18.6. The van der Waals surface area contributed by atoms with Crippen LogP contribution in [0.2, 0.25) is 0 Å². The quantitative estimate of drug-likeness (QED) is 0.497. The van der Waals surface area contributed by atoms with Crippen LogP contribution in [0, 0.1) is 6.92 Å². The molecule has 0 aromatic heterocycles. The van der Waals surface area contributed by atoms with E-state index >= 15 is 0 Å². The average molecular weight is 433 g/mol. The van der Waals surface area contributed by atoms with E-state index in [1.54, 1.807) is 7.11 Å². The Bertz CT molecular complexity index is 1200. The number of nitrogens with one attached hydrogen (secondary N) is 1. The van der Waals surface area contributed by atoms with E-state index in [1.807, 2.05) is 61.5 Å². The van der Waals surface area contributed by atoms with E-state index in [-0.39, 0.29) is 5.91 Å². The molecule has 1 aliphatic heterocycles. The third kappa shape index (κ3) is 4.59. The average Bonchev–Trinajstić information content (AvgIpc) is 3.12. The summed E-state index contributed by atoms with van der Waals surface area (Å²) in [5.74, 6) is 1.26. The van der Waals surface area contributed by atoms with Crippen molar-refractivity contribution in [3.05, 3.63) is 70.6 Å². The summed E-state index contributed by atoms with van der Waals surface area (Å²) in [6.07, 6.45) is 2.80. The first-order valence-electron chi connectivity index (χ1n) is 10.2. The number of ether oxygens (including phenoxy) is 2. The largest absolute Gasteiger partial charge is 0.494 e. The van der Waals surface area contributed by atoms with E-state index in [2.05, 4.69) is 23.3 Å². The topological polar surface area (TPSA) is 59.9 Å². The maximum absolute atomic E-state index is 12.7. The first-order chi connectivity index (χ1) is 15.1. The van der Waals surface area contributed by atoms with Crippen LogP contribution in [0.25, 0.3) is 16.8 Å². The van der Waals surface area contributed by atoms with Crippen molar-refractivity contribution in [2.24, 2.45) is 4.99 Å². The van der Waals surface area contributed by atoms with Gasteiger partial charge in [-0.25, -0.2) is 4.99 Å². The first-order valence-corrected chi connectivity index (χ1v) is 11.0. The van der Waals surface area contributed by atoms with Gasteiger partial charge in [-0.15, -0.1) is 0 Å². The molecule has 3 aromatic rings. The number of rotatable bonds is 6. The van der Waals surface area contributed by atoms with Crippen molar-refractivity contribution in [1.82, 2.24) is 5.32 Å². The molecule has 4 rings (SSSR count). The molecule has 1 heterocycles. The van der Waals surface area contributed by atoms with Crippen LogP contribution < -0.4 is 14.8 Å². The minimum atomic E-state index is -0.176. The van der Waals surface area contributed by atoms with Gasteiger partial charge in [0.1, 0.15) is 17.2 Å². The lowest BCUT2D eigenvalue weighted by Crippen LogP contribution is -2.19. The Balaban J connectivity index is 1.73. The number of carbonyl (C=O) groups is 1. The van der Waals surface area contributed by atoms with Gasteiger partial charge in [-0.05, 0) is 65.7 Å². The van der Waals surface area contributed by atoms with Gasteiger partial charge in [0, 0.05) is 5.56 Å². The number of aliphatic imine (C=N–C) groups is 1. The molecule has 0 spiro atoms. The normalized spacial score (nSPS) is 16.2. The molecule has 0 saturated carbocycles. The number of nitrogens with zero attached hydrogens (tertiary/aromatic N) is 1. The molecule has 1 N–H and O–H groups in total. The van der Waals surface area contributed by atoms with Crippen LogP contribution in [0.3, 0.4) is 0 Å². The highest BCUT2D eigenvalue weighted by molar-refractivity contribution is 8.18. The van der Waals surface area contributed by atoms with Crippen molar-refractivity contribution in [2.75, 3.05) is 13.7 Å². The van der Waals surface area contributed by atoms with E-state index in [9.17, 15) is 4.79 Å². The molecule has 158 valence electrons. The predicted molar refractivity (Wildman–Crippen MR) is 128 cm³/mol. The van der Waals surface area contributed by atoms with Crippen LogP contribution in [0.1, 0.15) is 24.5 Å². The zero-order chi connectivity index (χ0) is 21.8. The Morgan fingerprint density at radius 1 is 1.10 bits per heavy atom. The van der Waals surface area contributed by atoms with Crippen LogP contribution in [-0.4, -0.2) is 24.8 Å². The number of amidine groups is 1. The lowest BCUT2D eigenvalue weighted by Gasteiger charge is -2.11. The van der Waals surface area contributed by atoms with Gasteiger partial charge >= 0.3 is 0 Å². The lowest BCUT2D eigenvalue weighted by molar-refractivity contribution is -0.115. The third-order valence-electron chi connectivity index (χ3n) is 4.88. The fourth-order valence-electron chi connectivity index (χ4n) is 3.37. The molecule has 1 saturated heterocycles. The summed E-state index contributed by atoms with van der Waals surface area (Å²) in [4.78, 5) is 17.9. The van der Waals surface area contributed by atoms with Crippen LogP contribution in [0.5, 0.6) is 11.5 Å². The van der Waals surface area contributed by atoms with Crippen molar-refractivity contribution in [2.45, 2.75) is 20.3 Å². The van der Waals surface area contributed by atoms with Gasteiger partial charge in [-0.2, -0.15) is 0 Å².